The van der Waals surface area contributed by atoms with E-state index in [1.165, 1.54) is 10.4 Å². The average Bonchev–Trinajstić information content (AvgIpc) is 2.71. The van der Waals surface area contributed by atoms with Gasteiger partial charge in [0.2, 0.25) is 15.9 Å². The Bertz CT molecular complexity index is 932. The van der Waals surface area contributed by atoms with E-state index in [9.17, 15) is 13.2 Å². The molecule has 1 aliphatic heterocycles. The van der Waals surface area contributed by atoms with Gasteiger partial charge in [0.15, 0.2) is 0 Å². The van der Waals surface area contributed by atoms with Crippen LogP contribution in [0.2, 0.25) is 5.02 Å². The second kappa shape index (κ2) is 9.07. The number of carbonyl (C=O) groups is 1. The third-order valence-electron chi connectivity index (χ3n) is 5.09. The van der Waals surface area contributed by atoms with E-state index in [-0.39, 0.29) is 23.3 Å². The minimum atomic E-state index is -3.66. The maximum absolute atomic E-state index is 13.0. The summed E-state index contributed by atoms with van der Waals surface area (Å²) in [5, 5.41) is 3.37. The first-order chi connectivity index (χ1) is 13.4. The summed E-state index contributed by atoms with van der Waals surface area (Å²) >= 11 is 6.10. The maximum Gasteiger partial charge on any atom is 0.243 e. The van der Waals surface area contributed by atoms with Gasteiger partial charge in [-0.3, -0.25) is 4.79 Å². The molecule has 2 aromatic carbocycles. The third-order valence-corrected chi connectivity index (χ3v) is 7.36. The van der Waals surface area contributed by atoms with E-state index < -0.39 is 10.0 Å². The van der Waals surface area contributed by atoms with Gasteiger partial charge in [-0.05, 0) is 49.4 Å². The van der Waals surface area contributed by atoms with Crippen LogP contribution in [-0.4, -0.2) is 38.3 Å². The summed E-state index contributed by atoms with van der Waals surface area (Å²) in [5.74, 6) is -0.419. The van der Waals surface area contributed by atoms with Gasteiger partial charge in [0, 0.05) is 24.7 Å². The number of piperidine rings is 1. The van der Waals surface area contributed by atoms with Crippen molar-refractivity contribution in [3.63, 3.8) is 0 Å². The Balaban J connectivity index is 1.61. The van der Waals surface area contributed by atoms with Crippen LogP contribution < -0.4 is 5.32 Å². The molecule has 150 valence electrons. The van der Waals surface area contributed by atoms with Crippen molar-refractivity contribution in [1.29, 1.82) is 0 Å². The molecule has 1 amide bonds. The number of rotatable bonds is 6. The summed E-state index contributed by atoms with van der Waals surface area (Å²) in [5.41, 5.74) is 1.99. The molecule has 0 spiro atoms. The fraction of sp³-hybridized carbons (Fsp3) is 0.381. The largest absolute Gasteiger partial charge is 0.355 e. The first kappa shape index (κ1) is 20.8. The van der Waals surface area contributed by atoms with Gasteiger partial charge in [-0.15, -0.1) is 0 Å². The molecule has 1 atom stereocenters. The van der Waals surface area contributed by atoms with E-state index in [0.717, 1.165) is 17.5 Å². The van der Waals surface area contributed by atoms with Gasteiger partial charge in [0.25, 0.3) is 0 Å². The quantitative estimate of drug-likeness (QED) is 0.778. The predicted octanol–water partition coefficient (Wildman–Crippen LogP) is 3.41. The summed E-state index contributed by atoms with van der Waals surface area (Å²) < 4.78 is 27.3. The van der Waals surface area contributed by atoms with E-state index in [0.29, 0.717) is 31.0 Å². The van der Waals surface area contributed by atoms with Gasteiger partial charge in [-0.2, -0.15) is 4.31 Å². The first-order valence-electron chi connectivity index (χ1n) is 9.46. The molecule has 7 heteroatoms. The van der Waals surface area contributed by atoms with Crippen LogP contribution in [0.25, 0.3) is 0 Å². The molecule has 1 aliphatic rings. The Hall–Kier alpha value is -1.89. The molecule has 5 nitrogen and oxygen atoms in total. The normalized spacial score (nSPS) is 18.0. The molecule has 1 heterocycles. The lowest BCUT2D eigenvalue weighted by Gasteiger charge is -2.31. The smallest absolute Gasteiger partial charge is 0.243 e. The van der Waals surface area contributed by atoms with Crippen LogP contribution in [0.15, 0.2) is 53.4 Å². The lowest BCUT2D eigenvalue weighted by molar-refractivity contribution is -0.126. The molecule has 1 saturated heterocycles. The van der Waals surface area contributed by atoms with Crippen LogP contribution >= 0.6 is 11.6 Å². The van der Waals surface area contributed by atoms with Crippen molar-refractivity contribution in [2.24, 2.45) is 5.92 Å². The number of benzene rings is 2. The highest BCUT2D eigenvalue weighted by Gasteiger charge is 2.33. The van der Waals surface area contributed by atoms with Gasteiger partial charge in [0.05, 0.1) is 10.8 Å². The molecular weight excluding hydrogens is 396 g/mol. The van der Waals surface area contributed by atoms with Crippen LogP contribution in [0.3, 0.4) is 0 Å². The fourth-order valence-corrected chi connectivity index (χ4v) is 5.17. The van der Waals surface area contributed by atoms with E-state index >= 15 is 0 Å². The van der Waals surface area contributed by atoms with Crippen molar-refractivity contribution in [2.45, 2.75) is 31.1 Å². The molecule has 0 aliphatic carbocycles. The third kappa shape index (κ3) is 4.93. The lowest BCUT2D eigenvalue weighted by Crippen LogP contribution is -2.45. The number of hydrogen-bond acceptors (Lipinski definition) is 3. The minimum Gasteiger partial charge on any atom is -0.355 e. The lowest BCUT2D eigenvalue weighted by atomic mass is 9.99. The number of halogens is 1. The van der Waals surface area contributed by atoms with Crippen molar-refractivity contribution in [3.8, 4) is 0 Å². The molecule has 0 aromatic heterocycles. The van der Waals surface area contributed by atoms with Gasteiger partial charge < -0.3 is 5.32 Å². The molecule has 0 bridgehead atoms. The van der Waals surface area contributed by atoms with E-state index in [2.05, 4.69) is 5.32 Å². The average molecular weight is 421 g/mol. The topological polar surface area (TPSA) is 66.5 Å². The number of sulfonamides is 1. The Kier molecular flexibility index (Phi) is 6.75. The first-order valence-corrected chi connectivity index (χ1v) is 11.3. The number of aryl methyl sites for hydroxylation is 1. The van der Waals surface area contributed by atoms with Gasteiger partial charge in [-0.25, -0.2) is 8.42 Å². The zero-order valence-corrected chi connectivity index (χ0v) is 17.5. The van der Waals surface area contributed by atoms with Crippen molar-refractivity contribution in [3.05, 3.63) is 64.7 Å². The van der Waals surface area contributed by atoms with E-state index in [4.69, 9.17) is 11.6 Å². The van der Waals surface area contributed by atoms with Crippen molar-refractivity contribution < 1.29 is 13.2 Å². The molecule has 0 saturated carbocycles. The summed E-state index contributed by atoms with van der Waals surface area (Å²) in [4.78, 5) is 12.7. The summed E-state index contributed by atoms with van der Waals surface area (Å²) in [7, 11) is -3.66. The Morgan fingerprint density at radius 2 is 1.96 bits per heavy atom. The van der Waals surface area contributed by atoms with Crippen molar-refractivity contribution in [2.75, 3.05) is 19.6 Å². The molecule has 3 rings (SSSR count). The molecule has 28 heavy (non-hydrogen) atoms. The number of carbonyl (C=O) groups excluding carboxylic acids is 1. The molecule has 0 unspecified atom stereocenters. The van der Waals surface area contributed by atoms with Crippen LogP contribution in [0.5, 0.6) is 0 Å². The molecule has 0 radical (unpaired) electrons. The van der Waals surface area contributed by atoms with Gasteiger partial charge >= 0.3 is 0 Å². The Morgan fingerprint density at radius 3 is 2.68 bits per heavy atom. The number of nitrogens with one attached hydrogen (secondary N) is 1. The van der Waals surface area contributed by atoms with Gasteiger partial charge in [0.1, 0.15) is 0 Å². The van der Waals surface area contributed by atoms with Crippen molar-refractivity contribution >= 4 is 27.5 Å². The minimum absolute atomic E-state index is 0.0854. The highest BCUT2D eigenvalue weighted by Crippen LogP contribution is 2.26. The highest BCUT2D eigenvalue weighted by atomic mass is 35.5. The monoisotopic (exact) mass is 420 g/mol. The van der Waals surface area contributed by atoms with Crippen LogP contribution in [0.1, 0.15) is 24.0 Å². The zero-order chi connectivity index (χ0) is 20.1. The second-order valence-electron chi connectivity index (χ2n) is 7.14. The number of nitrogens with zero attached hydrogens (tertiary/aromatic N) is 1. The van der Waals surface area contributed by atoms with Crippen molar-refractivity contribution in [1.82, 2.24) is 9.62 Å². The van der Waals surface area contributed by atoms with E-state index in [1.807, 2.05) is 37.3 Å². The van der Waals surface area contributed by atoms with Crippen LogP contribution in [0, 0.1) is 12.8 Å². The van der Waals surface area contributed by atoms with Gasteiger partial charge in [-0.1, -0.05) is 48.0 Å². The molecular formula is C21H25ClN2O3S. The summed E-state index contributed by atoms with van der Waals surface area (Å²) in [6.07, 6.45) is 2.11. The SMILES string of the molecule is Cc1ccc(S(=O)(=O)N2CCC[C@H](C(=O)NCCc3ccccc3)C2)cc1Cl. The molecule has 2 aromatic rings. The molecule has 1 N–H and O–H groups in total. The predicted molar refractivity (Wildman–Crippen MR) is 111 cm³/mol. The second-order valence-corrected chi connectivity index (χ2v) is 9.48. The maximum atomic E-state index is 13.0. The number of amides is 1. The molecule has 1 fully saturated rings. The van der Waals surface area contributed by atoms with E-state index in [1.54, 1.807) is 12.1 Å². The number of hydrogen-bond donors (Lipinski definition) is 1. The Morgan fingerprint density at radius 1 is 1.21 bits per heavy atom. The summed E-state index contributed by atoms with van der Waals surface area (Å²) in [6, 6.07) is 14.7. The zero-order valence-electron chi connectivity index (χ0n) is 15.9. The van der Waals surface area contributed by atoms with Crippen LogP contribution in [0.4, 0.5) is 0 Å². The Labute approximate surface area is 171 Å². The summed E-state index contributed by atoms with van der Waals surface area (Å²) in [6.45, 7) is 2.99. The highest BCUT2D eigenvalue weighted by molar-refractivity contribution is 7.89. The standard InChI is InChI=1S/C21H25ClN2O3S/c1-16-9-10-19(14-20(16)22)28(26,27)24-13-5-8-18(15-24)21(25)23-12-11-17-6-3-2-4-7-17/h2-4,6-7,9-10,14,18H,5,8,11-13,15H2,1H3,(H,23,25)/t18-/m0/s1. The fourth-order valence-electron chi connectivity index (χ4n) is 3.38. The van der Waals surface area contributed by atoms with Crippen LogP contribution in [-0.2, 0) is 21.2 Å².